The number of alkyl halides is 1. The Labute approximate surface area is 174 Å². The Morgan fingerprint density at radius 2 is 1.65 bits per heavy atom. The second kappa shape index (κ2) is 7.70. The summed E-state index contributed by atoms with van der Waals surface area (Å²) in [5.74, 6) is 0.371. The number of carboxylic acid groups (broad SMARTS) is 1. The summed E-state index contributed by atoms with van der Waals surface area (Å²) in [4.78, 5) is 11.2. The van der Waals surface area contributed by atoms with Crippen molar-refractivity contribution in [2.45, 2.75) is 9.97 Å². The van der Waals surface area contributed by atoms with Crippen LogP contribution in [-0.4, -0.2) is 19.7 Å². The molecule has 122 valence electrons. The number of rotatable bonds is 5. The molecule has 0 saturated carbocycles. The molecule has 5 nitrogen and oxygen atoms in total. The standard InChI is InChI=1S/C15H12I3NO4/c16-12-5-10(23-9-3-1-8(20)2-4-9)6-13(17)11(12)7-15(18,19)14(21)22/h1-6,20H,7,19H2,(H,21,22)/t15-/m1/s1. The van der Waals surface area contributed by atoms with Crippen LogP contribution in [0.15, 0.2) is 36.4 Å². The molecule has 0 unspecified atom stereocenters. The van der Waals surface area contributed by atoms with Crippen molar-refractivity contribution in [2.24, 2.45) is 5.73 Å². The minimum Gasteiger partial charge on any atom is -0.508 e. The number of aromatic hydroxyl groups is 1. The van der Waals surface area contributed by atoms with Crippen LogP contribution in [0, 0.1) is 7.14 Å². The second-order valence-corrected chi connectivity index (χ2v) is 9.06. The van der Waals surface area contributed by atoms with Crippen molar-refractivity contribution < 1.29 is 19.7 Å². The number of benzene rings is 2. The van der Waals surface area contributed by atoms with E-state index in [2.05, 4.69) is 45.2 Å². The molecule has 0 radical (unpaired) electrons. The highest BCUT2D eigenvalue weighted by atomic mass is 127. The smallest absolute Gasteiger partial charge is 0.334 e. The maximum atomic E-state index is 11.2. The quantitative estimate of drug-likeness (QED) is 0.258. The van der Waals surface area contributed by atoms with Crippen LogP contribution in [0.5, 0.6) is 17.2 Å². The number of phenols is 1. The topological polar surface area (TPSA) is 92.8 Å². The summed E-state index contributed by atoms with van der Waals surface area (Å²) in [7, 11) is 0. The number of nitrogens with two attached hydrogens (primary N) is 1. The van der Waals surface area contributed by atoms with Crippen LogP contribution in [0.3, 0.4) is 0 Å². The molecule has 2 aromatic carbocycles. The molecule has 1 atom stereocenters. The zero-order valence-corrected chi connectivity index (χ0v) is 18.1. The summed E-state index contributed by atoms with van der Waals surface area (Å²) in [6, 6.07) is 10.1. The van der Waals surface area contributed by atoms with Gasteiger partial charge in [0.25, 0.3) is 0 Å². The van der Waals surface area contributed by atoms with Crippen molar-refractivity contribution >= 4 is 73.7 Å². The Hall–Kier alpha value is -0.340. The first-order chi connectivity index (χ1) is 10.7. The van der Waals surface area contributed by atoms with Gasteiger partial charge in [0.1, 0.15) is 17.2 Å². The zero-order valence-electron chi connectivity index (χ0n) is 11.6. The van der Waals surface area contributed by atoms with Crippen LogP contribution in [-0.2, 0) is 11.2 Å². The molecule has 2 rings (SSSR count). The van der Waals surface area contributed by atoms with Crippen molar-refractivity contribution in [3.63, 3.8) is 0 Å². The maximum absolute atomic E-state index is 11.2. The fourth-order valence-electron chi connectivity index (χ4n) is 1.79. The Morgan fingerprint density at radius 1 is 1.13 bits per heavy atom. The van der Waals surface area contributed by atoms with Crippen LogP contribution >= 0.6 is 67.8 Å². The van der Waals surface area contributed by atoms with E-state index < -0.39 is 9.51 Å². The van der Waals surface area contributed by atoms with Gasteiger partial charge in [0.05, 0.1) is 0 Å². The van der Waals surface area contributed by atoms with Crippen molar-refractivity contribution in [1.82, 2.24) is 0 Å². The molecule has 4 N–H and O–H groups in total. The first kappa shape index (κ1) is 19.0. The number of phenolic OH excluding ortho intramolecular Hbond substituents is 1. The van der Waals surface area contributed by atoms with Crippen LogP contribution in [0.1, 0.15) is 5.56 Å². The van der Waals surface area contributed by atoms with Gasteiger partial charge in [0.2, 0.25) is 0 Å². The Balaban J connectivity index is 2.26. The molecule has 0 saturated heterocycles. The minimum absolute atomic E-state index is 0.173. The molecule has 8 heteroatoms. The van der Waals surface area contributed by atoms with Crippen molar-refractivity contribution in [3.8, 4) is 17.2 Å². The molecule has 0 heterocycles. The average Bonchev–Trinajstić information content (AvgIpc) is 2.45. The van der Waals surface area contributed by atoms with Gasteiger partial charge in [0.15, 0.2) is 3.55 Å². The molecule has 0 aliphatic heterocycles. The molecular formula is C15H12I3NO4. The van der Waals surface area contributed by atoms with E-state index in [1.165, 1.54) is 0 Å². The van der Waals surface area contributed by atoms with E-state index in [-0.39, 0.29) is 12.2 Å². The largest absolute Gasteiger partial charge is 0.508 e. The number of halogens is 3. The van der Waals surface area contributed by atoms with Crippen LogP contribution < -0.4 is 10.5 Å². The van der Waals surface area contributed by atoms with Gasteiger partial charge in [-0.15, -0.1) is 0 Å². The predicted octanol–water partition coefficient (Wildman–Crippen LogP) is 4.11. The lowest BCUT2D eigenvalue weighted by Crippen LogP contribution is -2.43. The second-order valence-electron chi connectivity index (χ2n) is 4.81. The summed E-state index contributed by atoms with van der Waals surface area (Å²) in [5, 5.41) is 18.5. The monoisotopic (exact) mass is 651 g/mol. The van der Waals surface area contributed by atoms with Gasteiger partial charge < -0.3 is 20.7 Å². The van der Waals surface area contributed by atoms with E-state index in [1.807, 2.05) is 12.1 Å². The molecule has 0 aliphatic carbocycles. The lowest BCUT2D eigenvalue weighted by molar-refractivity contribution is -0.139. The third kappa shape index (κ3) is 5.06. The van der Waals surface area contributed by atoms with Gasteiger partial charge in [-0.1, -0.05) is 0 Å². The van der Waals surface area contributed by atoms with Crippen LogP contribution in [0.2, 0.25) is 0 Å². The average molecular weight is 651 g/mol. The summed E-state index contributed by atoms with van der Waals surface area (Å²) in [5.41, 5.74) is 6.71. The lowest BCUT2D eigenvalue weighted by atomic mass is 10.1. The van der Waals surface area contributed by atoms with E-state index in [1.54, 1.807) is 46.9 Å². The van der Waals surface area contributed by atoms with Crippen LogP contribution in [0.25, 0.3) is 0 Å². The molecule has 0 spiro atoms. The molecule has 23 heavy (non-hydrogen) atoms. The number of hydrogen-bond acceptors (Lipinski definition) is 4. The van der Waals surface area contributed by atoms with Gasteiger partial charge in [0, 0.05) is 13.6 Å². The van der Waals surface area contributed by atoms with E-state index >= 15 is 0 Å². The number of aliphatic carboxylic acids is 1. The summed E-state index contributed by atoms with van der Waals surface area (Å²) in [6.45, 7) is 0. The molecule has 0 aliphatic rings. The highest BCUT2D eigenvalue weighted by Gasteiger charge is 2.32. The van der Waals surface area contributed by atoms with Gasteiger partial charge >= 0.3 is 5.97 Å². The van der Waals surface area contributed by atoms with Gasteiger partial charge in [-0.25, -0.2) is 4.79 Å². The van der Waals surface area contributed by atoms with Crippen molar-refractivity contribution in [1.29, 1.82) is 0 Å². The molecular weight excluding hydrogens is 639 g/mol. The van der Waals surface area contributed by atoms with Crippen molar-refractivity contribution in [2.75, 3.05) is 0 Å². The summed E-state index contributed by atoms with van der Waals surface area (Å²) < 4.78 is 6.18. The summed E-state index contributed by atoms with van der Waals surface area (Å²) in [6.07, 6.45) is 0.221. The van der Waals surface area contributed by atoms with Gasteiger partial charge in [-0.05, 0) is 110 Å². The third-order valence-corrected chi connectivity index (χ3v) is 5.74. The van der Waals surface area contributed by atoms with E-state index in [9.17, 15) is 15.0 Å². The van der Waals surface area contributed by atoms with Gasteiger partial charge in [-0.2, -0.15) is 0 Å². The summed E-state index contributed by atoms with van der Waals surface area (Å²) >= 11 is 6.04. The first-order valence-electron chi connectivity index (χ1n) is 6.35. The minimum atomic E-state index is -1.35. The fraction of sp³-hybridized carbons (Fsp3) is 0.133. The van der Waals surface area contributed by atoms with Crippen LogP contribution in [0.4, 0.5) is 0 Å². The lowest BCUT2D eigenvalue weighted by Gasteiger charge is -2.19. The number of carbonyl (C=O) groups is 1. The Kier molecular flexibility index (Phi) is 6.35. The van der Waals surface area contributed by atoms with Crippen molar-refractivity contribution in [3.05, 3.63) is 49.1 Å². The molecule has 0 aromatic heterocycles. The number of carboxylic acids is 1. The Bertz CT molecular complexity index is 709. The maximum Gasteiger partial charge on any atom is 0.334 e. The Morgan fingerprint density at radius 3 is 2.13 bits per heavy atom. The van der Waals surface area contributed by atoms with Gasteiger partial charge in [-0.3, -0.25) is 0 Å². The zero-order chi connectivity index (χ0) is 17.2. The molecule has 0 bridgehead atoms. The predicted molar refractivity (Wildman–Crippen MR) is 112 cm³/mol. The molecule has 2 aromatic rings. The highest BCUT2D eigenvalue weighted by Crippen LogP contribution is 2.32. The number of hydrogen-bond donors (Lipinski definition) is 3. The fourth-order valence-corrected chi connectivity index (χ4v) is 4.26. The van der Waals surface area contributed by atoms with E-state index in [0.29, 0.717) is 11.5 Å². The third-order valence-electron chi connectivity index (χ3n) is 2.98. The van der Waals surface area contributed by atoms with E-state index in [0.717, 1.165) is 12.7 Å². The number of ether oxygens (including phenoxy) is 1. The first-order valence-corrected chi connectivity index (χ1v) is 9.58. The highest BCUT2D eigenvalue weighted by molar-refractivity contribution is 14.1. The SMILES string of the molecule is N[C@](I)(Cc1c(I)cc(Oc2ccc(O)cc2)cc1I)C(=O)O. The molecule has 0 amide bonds. The molecule has 0 fully saturated rings. The van der Waals surface area contributed by atoms with E-state index in [4.69, 9.17) is 10.5 Å². The normalized spacial score (nSPS) is 13.4.